The highest BCUT2D eigenvalue weighted by Crippen LogP contribution is 2.23. The van der Waals surface area contributed by atoms with Crippen LogP contribution in [0.25, 0.3) is 5.69 Å². The monoisotopic (exact) mass is 415 g/mol. The van der Waals surface area contributed by atoms with Crippen LogP contribution in [0, 0.1) is 6.92 Å². The van der Waals surface area contributed by atoms with Crippen LogP contribution in [0.15, 0.2) is 46.9 Å². The lowest BCUT2D eigenvalue weighted by molar-refractivity contribution is -0.118. The minimum Gasteiger partial charge on any atom is -0.355 e. The van der Waals surface area contributed by atoms with Gasteiger partial charge in [0.2, 0.25) is 11.8 Å². The Morgan fingerprint density at radius 2 is 2.07 bits per heavy atom. The van der Waals surface area contributed by atoms with Crippen molar-refractivity contribution in [3.05, 3.63) is 52.5 Å². The van der Waals surface area contributed by atoms with Crippen molar-refractivity contribution in [2.45, 2.75) is 25.4 Å². The van der Waals surface area contributed by atoms with E-state index in [0.29, 0.717) is 23.2 Å². The Kier molecular flexibility index (Phi) is 6.83. The third-order valence-electron chi connectivity index (χ3n) is 3.83. The Morgan fingerprint density at radius 1 is 1.21 bits per heavy atom. The maximum absolute atomic E-state index is 12.1. The van der Waals surface area contributed by atoms with Gasteiger partial charge in [-0.3, -0.25) is 14.2 Å². The van der Waals surface area contributed by atoms with Crippen LogP contribution in [-0.4, -0.2) is 38.9 Å². The highest BCUT2D eigenvalue weighted by molar-refractivity contribution is 7.99. The molecule has 0 aliphatic rings. The Balaban J connectivity index is 1.61. The average Bonchev–Trinajstić information content (AvgIpc) is 3.29. The summed E-state index contributed by atoms with van der Waals surface area (Å²) in [4.78, 5) is 24.7. The summed E-state index contributed by atoms with van der Waals surface area (Å²) in [6, 6.07) is 11.5. The molecule has 0 aliphatic heterocycles. The van der Waals surface area contributed by atoms with Crippen LogP contribution >= 0.6 is 23.1 Å². The molecule has 1 aromatic carbocycles. The normalized spacial score (nSPS) is 10.6. The molecule has 0 atom stereocenters. The fourth-order valence-corrected chi connectivity index (χ4v) is 4.16. The predicted molar refractivity (Wildman–Crippen MR) is 112 cm³/mol. The van der Waals surface area contributed by atoms with Crippen molar-refractivity contribution < 1.29 is 9.59 Å². The zero-order chi connectivity index (χ0) is 19.9. The van der Waals surface area contributed by atoms with Gasteiger partial charge in [-0.15, -0.1) is 21.5 Å². The Morgan fingerprint density at radius 3 is 2.82 bits per heavy atom. The lowest BCUT2D eigenvalue weighted by Crippen LogP contribution is -2.27. The molecule has 7 nitrogen and oxygen atoms in total. The highest BCUT2D eigenvalue weighted by atomic mass is 32.2. The fraction of sp³-hybridized carbons (Fsp3) is 0.263. The molecule has 0 spiro atoms. The molecule has 28 heavy (non-hydrogen) atoms. The number of hydrogen-bond donors (Lipinski definition) is 2. The van der Waals surface area contributed by atoms with Gasteiger partial charge in [-0.1, -0.05) is 23.9 Å². The quantitative estimate of drug-likeness (QED) is 0.552. The number of nitrogens with zero attached hydrogens (tertiary/aromatic N) is 3. The smallest absolute Gasteiger partial charge is 0.230 e. The number of nitrogens with one attached hydrogen (secondary N) is 2. The Bertz CT molecular complexity index is 953. The zero-order valence-electron chi connectivity index (χ0n) is 15.6. The third-order valence-corrected chi connectivity index (χ3v) is 5.69. The van der Waals surface area contributed by atoms with Crippen molar-refractivity contribution in [1.29, 1.82) is 0 Å². The van der Waals surface area contributed by atoms with Crippen LogP contribution in [0.5, 0.6) is 0 Å². The first-order valence-electron chi connectivity index (χ1n) is 8.75. The fourth-order valence-electron chi connectivity index (χ4n) is 2.62. The maximum atomic E-state index is 12.1. The topological polar surface area (TPSA) is 88.9 Å². The number of amides is 2. The maximum Gasteiger partial charge on any atom is 0.230 e. The highest BCUT2D eigenvalue weighted by Gasteiger charge is 2.14. The van der Waals surface area contributed by atoms with Gasteiger partial charge in [0.15, 0.2) is 5.16 Å². The molecular formula is C19H21N5O2S2. The third kappa shape index (κ3) is 5.43. The second-order valence-corrected chi connectivity index (χ2v) is 8.04. The van der Waals surface area contributed by atoms with Crippen LogP contribution in [0.1, 0.15) is 17.6 Å². The Labute approximate surface area is 171 Å². The molecule has 0 saturated carbocycles. The number of anilines is 1. The Hall–Kier alpha value is -2.65. The molecule has 0 aliphatic carbocycles. The van der Waals surface area contributed by atoms with Crippen molar-refractivity contribution in [2.24, 2.45) is 0 Å². The standard InChI is InChI=1S/C19H21N5O2S2/c1-13-22-23-19(24(13)16-6-3-5-15(11-16)21-14(2)25)28-12-18(26)20-9-8-17-7-4-10-27-17/h3-7,10-11H,8-9,12H2,1-2H3,(H,20,26)(H,21,25). The average molecular weight is 416 g/mol. The summed E-state index contributed by atoms with van der Waals surface area (Å²) < 4.78 is 1.87. The van der Waals surface area contributed by atoms with Gasteiger partial charge in [-0.2, -0.15) is 0 Å². The second kappa shape index (κ2) is 9.52. The van der Waals surface area contributed by atoms with Crippen molar-refractivity contribution in [3.63, 3.8) is 0 Å². The minimum absolute atomic E-state index is 0.0410. The van der Waals surface area contributed by atoms with Gasteiger partial charge in [-0.05, 0) is 43.0 Å². The zero-order valence-corrected chi connectivity index (χ0v) is 17.3. The number of hydrogen-bond acceptors (Lipinski definition) is 6. The van der Waals surface area contributed by atoms with Crippen LogP contribution in [-0.2, 0) is 16.0 Å². The van der Waals surface area contributed by atoms with E-state index in [9.17, 15) is 9.59 Å². The molecule has 9 heteroatoms. The summed E-state index contributed by atoms with van der Waals surface area (Å²) in [6.45, 7) is 3.93. The van der Waals surface area contributed by atoms with E-state index in [1.165, 1.54) is 23.6 Å². The van der Waals surface area contributed by atoms with Crippen molar-refractivity contribution >= 4 is 40.6 Å². The van der Waals surface area contributed by atoms with Crippen LogP contribution < -0.4 is 10.6 Å². The number of carbonyl (C=O) groups is 2. The first-order chi connectivity index (χ1) is 13.5. The molecule has 2 amide bonds. The number of thioether (sulfide) groups is 1. The number of carbonyl (C=O) groups excluding carboxylic acids is 2. The molecule has 0 bridgehead atoms. The molecule has 2 aromatic heterocycles. The molecule has 2 N–H and O–H groups in total. The molecule has 0 fully saturated rings. The van der Waals surface area contributed by atoms with Gasteiger partial charge in [0.25, 0.3) is 0 Å². The molecule has 3 rings (SSSR count). The molecule has 0 unspecified atom stereocenters. The summed E-state index contributed by atoms with van der Waals surface area (Å²) in [6.07, 6.45) is 0.833. The first-order valence-corrected chi connectivity index (χ1v) is 10.6. The van der Waals surface area contributed by atoms with E-state index in [1.807, 2.05) is 47.2 Å². The number of aromatic nitrogens is 3. The molecular weight excluding hydrogens is 394 g/mol. The minimum atomic E-state index is -0.133. The van der Waals surface area contributed by atoms with Crippen LogP contribution in [0.4, 0.5) is 5.69 Å². The summed E-state index contributed by atoms with van der Waals surface area (Å²) in [5.74, 6) is 0.793. The largest absolute Gasteiger partial charge is 0.355 e. The SMILES string of the molecule is CC(=O)Nc1cccc(-n2c(C)nnc2SCC(=O)NCCc2cccs2)c1. The molecule has 2 heterocycles. The summed E-state index contributed by atoms with van der Waals surface area (Å²) in [5, 5.41) is 16.7. The van der Waals surface area contributed by atoms with Gasteiger partial charge < -0.3 is 10.6 Å². The molecule has 0 radical (unpaired) electrons. The van der Waals surface area contributed by atoms with E-state index in [4.69, 9.17) is 0 Å². The van der Waals surface area contributed by atoms with Crippen molar-refractivity contribution in [3.8, 4) is 5.69 Å². The number of benzene rings is 1. The first kappa shape index (κ1) is 20.1. The van der Waals surface area contributed by atoms with E-state index >= 15 is 0 Å². The van der Waals surface area contributed by atoms with E-state index < -0.39 is 0 Å². The number of rotatable bonds is 8. The second-order valence-electron chi connectivity index (χ2n) is 6.06. The van der Waals surface area contributed by atoms with Gasteiger partial charge in [0, 0.05) is 24.0 Å². The van der Waals surface area contributed by atoms with Crippen LogP contribution in [0.2, 0.25) is 0 Å². The van der Waals surface area contributed by atoms with Gasteiger partial charge in [-0.25, -0.2) is 0 Å². The van der Waals surface area contributed by atoms with Gasteiger partial charge >= 0.3 is 0 Å². The lowest BCUT2D eigenvalue weighted by atomic mass is 10.2. The molecule has 3 aromatic rings. The van der Waals surface area contributed by atoms with E-state index in [-0.39, 0.29) is 17.6 Å². The van der Waals surface area contributed by atoms with Gasteiger partial charge in [0.05, 0.1) is 11.4 Å². The summed E-state index contributed by atoms with van der Waals surface area (Å²) in [7, 11) is 0. The molecule has 0 saturated heterocycles. The van der Waals surface area contributed by atoms with Crippen molar-refractivity contribution in [2.75, 3.05) is 17.6 Å². The summed E-state index contributed by atoms with van der Waals surface area (Å²) >= 11 is 3.02. The number of aryl methyl sites for hydroxylation is 1. The van der Waals surface area contributed by atoms with E-state index in [1.54, 1.807) is 11.3 Å². The number of thiophene rings is 1. The van der Waals surface area contributed by atoms with E-state index in [2.05, 4.69) is 26.9 Å². The van der Waals surface area contributed by atoms with Crippen LogP contribution in [0.3, 0.4) is 0 Å². The molecule has 146 valence electrons. The predicted octanol–water partition coefficient (Wildman–Crippen LogP) is 3.05. The van der Waals surface area contributed by atoms with Crippen molar-refractivity contribution in [1.82, 2.24) is 20.1 Å². The van der Waals surface area contributed by atoms with Gasteiger partial charge in [0.1, 0.15) is 5.82 Å². The lowest BCUT2D eigenvalue weighted by Gasteiger charge is -2.10. The summed E-state index contributed by atoms with van der Waals surface area (Å²) in [5.41, 5.74) is 1.52. The van der Waals surface area contributed by atoms with E-state index in [0.717, 1.165) is 12.1 Å².